The highest BCUT2D eigenvalue weighted by atomic mass is 35.5. The van der Waals surface area contributed by atoms with E-state index in [0.29, 0.717) is 38.5 Å². The van der Waals surface area contributed by atoms with E-state index in [1.807, 2.05) is 0 Å². The number of anilines is 1. The number of rotatable bonds is 8. The van der Waals surface area contributed by atoms with Crippen molar-refractivity contribution in [2.75, 3.05) is 19.0 Å². The van der Waals surface area contributed by atoms with Crippen LogP contribution in [0.5, 0.6) is 11.5 Å². The molecular weight excluding hydrogens is 465 g/mol. The van der Waals surface area contributed by atoms with Gasteiger partial charge in [0.1, 0.15) is 11.5 Å². The topological polar surface area (TPSA) is 89.0 Å². The Balaban J connectivity index is 1.52. The first-order valence-electron chi connectivity index (χ1n) is 9.82. The van der Waals surface area contributed by atoms with E-state index in [1.165, 1.54) is 0 Å². The first-order chi connectivity index (χ1) is 15.9. The number of nitrogens with one attached hydrogen (secondary N) is 2. The number of amides is 2. The SMILES string of the molecule is COc1ccc(C(=O)N/N=C(/C)c2ccc(NC(=O)COc3ccc(Cl)cc3Cl)cc2)cc1. The third kappa shape index (κ3) is 6.97. The summed E-state index contributed by atoms with van der Waals surface area (Å²) in [5.74, 6) is 0.362. The van der Waals surface area contributed by atoms with Crippen molar-refractivity contribution >= 4 is 46.4 Å². The Morgan fingerprint density at radius 2 is 1.61 bits per heavy atom. The molecular formula is C24H21Cl2N3O4. The molecule has 0 aliphatic heterocycles. The smallest absolute Gasteiger partial charge is 0.271 e. The molecule has 0 bridgehead atoms. The molecule has 2 amide bonds. The number of hydrazone groups is 1. The lowest BCUT2D eigenvalue weighted by Gasteiger charge is -2.09. The second-order valence-corrected chi connectivity index (χ2v) is 7.70. The molecule has 0 aromatic heterocycles. The molecule has 3 aromatic carbocycles. The van der Waals surface area contributed by atoms with E-state index < -0.39 is 0 Å². The molecule has 0 spiro atoms. The number of benzene rings is 3. The lowest BCUT2D eigenvalue weighted by molar-refractivity contribution is -0.118. The van der Waals surface area contributed by atoms with Crippen molar-refractivity contribution in [1.82, 2.24) is 5.43 Å². The van der Waals surface area contributed by atoms with Crippen LogP contribution in [0.3, 0.4) is 0 Å². The Kier molecular flexibility index (Phi) is 8.29. The van der Waals surface area contributed by atoms with E-state index in [-0.39, 0.29) is 18.4 Å². The van der Waals surface area contributed by atoms with Gasteiger partial charge in [-0.15, -0.1) is 0 Å². The normalized spacial score (nSPS) is 11.0. The lowest BCUT2D eigenvalue weighted by Crippen LogP contribution is -2.20. The van der Waals surface area contributed by atoms with Gasteiger partial charge >= 0.3 is 0 Å². The molecule has 0 aliphatic carbocycles. The molecule has 170 valence electrons. The summed E-state index contributed by atoms with van der Waals surface area (Å²) in [7, 11) is 1.56. The summed E-state index contributed by atoms with van der Waals surface area (Å²) in [6.07, 6.45) is 0. The van der Waals surface area contributed by atoms with E-state index in [4.69, 9.17) is 32.7 Å². The third-order valence-corrected chi connectivity index (χ3v) is 5.05. The van der Waals surface area contributed by atoms with Gasteiger partial charge in [-0.05, 0) is 67.1 Å². The number of nitrogens with zero attached hydrogens (tertiary/aromatic N) is 1. The van der Waals surface area contributed by atoms with Gasteiger partial charge in [0.05, 0.1) is 17.8 Å². The van der Waals surface area contributed by atoms with E-state index >= 15 is 0 Å². The van der Waals surface area contributed by atoms with Gasteiger partial charge in [0, 0.05) is 16.3 Å². The molecule has 0 saturated carbocycles. The monoisotopic (exact) mass is 485 g/mol. The number of methoxy groups -OCH3 is 1. The van der Waals surface area contributed by atoms with Gasteiger partial charge < -0.3 is 14.8 Å². The molecule has 0 unspecified atom stereocenters. The highest BCUT2D eigenvalue weighted by molar-refractivity contribution is 6.35. The van der Waals surface area contributed by atoms with Crippen LogP contribution < -0.4 is 20.2 Å². The zero-order valence-corrected chi connectivity index (χ0v) is 19.4. The van der Waals surface area contributed by atoms with Crippen LogP contribution in [0.15, 0.2) is 71.8 Å². The van der Waals surface area contributed by atoms with Crippen LogP contribution in [0.2, 0.25) is 10.0 Å². The Hall–Kier alpha value is -3.55. The zero-order valence-electron chi connectivity index (χ0n) is 17.9. The molecule has 0 heterocycles. The maximum atomic E-state index is 12.2. The van der Waals surface area contributed by atoms with Crippen LogP contribution in [-0.4, -0.2) is 31.2 Å². The second-order valence-electron chi connectivity index (χ2n) is 6.86. The number of halogens is 2. The van der Waals surface area contributed by atoms with E-state index in [0.717, 1.165) is 5.56 Å². The predicted octanol–water partition coefficient (Wildman–Crippen LogP) is 5.17. The Morgan fingerprint density at radius 3 is 2.24 bits per heavy atom. The van der Waals surface area contributed by atoms with Gasteiger partial charge in [0.15, 0.2) is 6.61 Å². The molecule has 2 N–H and O–H groups in total. The average Bonchev–Trinajstić information content (AvgIpc) is 2.82. The lowest BCUT2D eigenvalue weighted by atomic mass is 10.1. The average molecular weight is 486 g/mol. The molecule has 3 aromatic rings. The van der Waals surface area contributed by atoms with E-state index in [2.05, 4.69) is 15.8 Å². The second kappa shape index (κ2) is 11.4. The first kappa shape index (κ1) is 24.1. The largest absolute Gasteiger partial charge is 0.497 e. The van der Waals surface area contributed by atoms with Gasteiger partial charge in [-0.3, -0.25) is 9.59 Å². The Bertz CT molecular complexity index is 1160. The molecule has 0 aliphatic rings. The zero-order chi connectivity index (χ0) is 23.8. The minimum atomic E-state index is -0.342. The summed E-state index contributed by atoms with van der Waals surface area (Å²) in [5.41, 5.74) is 4.97. The van der Waals surface area contributed by atoms with Gasteiger partial charge in [-0.25, -0.2) is 5.43 Å². The summed E-state index contributed by atoms with van der Waals surface area (Å²) in [5, 5.41) is 7.68. The summed E-state index contributed by atoms with van der Waals surface area (Å²) in [6.45, 7) is 1.56. The van der Waals surface area contributed by atoms with Crippen molar-refractivity contribution in [2.45, 2.75) is 6.92 Å². The molecule has 0 saturated heterocycles. The Labute approximate surface area is 201 Å². The third-order valence-electron chi connectivity index (χ3n) is 4.52. The number of carbonyl (C=O) groups is 2. The molecule has 33 heavy (non-hydrogen) atoms. The van der Waals surface area contributed by atoms with Crippen LogP contribution in [0, 0.1) is 0 Å². The Morgan fingerprint density at radius 1 is 0.939 bits per heavy atom. The fourth-order valence-corrected chi connectivity index (χ4v) is 3.20. The quantitative estimate of drug-likeness (QED) is 0.340. The molecule has 0 radical (unpaired) electrons. The van der Waals surface area contributed by atoms with Gasteiger partial charge in [0.25, 0.3) is 11.8 Å². The standard InChI is InChI=1S/C24H21Cl2N3O4/c1-15(28-29-24(31)17-5-10-20(32-2)11-6-17)16-3-8-19(9-4-16)27-23(30)14-33-22-12-7-18(25)13-21(22)26/h3-13H,14H2,1-2H3,(H,27,30)(H,29,31)/b28-15-. The van der Waals surface area contributed by atoms with Gasteiger partial charge in [-0.2, -0.15) is 5.10 Å². The number of hydrogen-bond acceptors (Lipinski definition) is 5. The van der Waals surface area contributed by atoms with E-state index in [1.54, 1.807) is 80.8 Å². The molecule has 0 atom stereocenters. The summed E-state index contributed by atoms with van der Waals surface area (Å²) >= 11 is 11.9. The minimum Gasteiger partial charge on any atom is -0.497 e. The van der Waals surface area contributed by atoms with Gasteiger partial charge in [0.2, 0.25) is 0 Å². The number of carbonyl (C=O) groups excluding carboxylic acids is 2. The summed E-state index contributed by atoms with van der Waals surface area (Å²) in [6, 6.07) is 18.5. The van der Waals surface area contributed by atoms with Crippen LogP contribution >= 0.6 is 23.2 Å². The van der Waals surface area contributed by atoms with Crippen LogP contribution in [0.25, 0.3) is 0 Å². The predicted molar refractivity (Wildman–Crippen MR) is 130 cm³/mol. The highest BCUT2D eigenvalue weighted by Gasteiger charge is 2.08. The van der Waals surface area contributed by atoms with Gasteiger partial charge in [-0.1, -0.05) is 35.3 Å². The van der Waals surface area contributed by atoms with Crippen molar-refractivity contribution < 1.29 is 19.1 Å². The van der Waals surface area contributed by atoms with Crippen molar-refractivity contribution in [3.8, 4) is 11.5 Å². The number of ether oxygens (including phenoxy) is 2. The van der Waals surface area contributed by atoms with Crippen molar-refractivity contribution in [3.63, 3.8) is 0 Å². The molecule has 3 rings (SSSR count). The van der Waals surface area contributed by atoms with Crippen LogP contribution in [-0.2, 0) is 4.79 Å². The highest BCUT2D eigenvalue weighted by Crippen LogP contribution is 2.27. The van der Waals surface area contributed by atoms with E-state index in [9.17, 15) is 9.59 Å². The molecule has 9 heteroatoms. The molecule has 0 fully saturated rings. The van der Waals surface area contributed by atoms with Crippen LogP contribution in [0.4, 0.5) is 5.69 Å². The summed E-state index contributed by atoms with van der Waals surface area (Å²) in [4.78, 5) is 24.4. The first-order valence-corrected chi connectivity index (χ1v) is 10.6. The number of hydrogen-bond donors (Lipinski definition) is 2. The van der Waals surface area contributed by atoms with Crippen molar-refractivity contribution in [2.24, 2.45) is 5.10 Å². The maximum Gasteiger partial charge on any atom is 0.271 e. The fraction of sp³-hybridized carbons (Fsp3) is 0.125. The summed E-state index contributed by atoms with van der Waals surface area (Å²) < 4.78 is 10.5. The van der Waals surface area contributed by atoms with Crippen molar-refractivity contribution in [3.05, 3.63) is 87.9 Å². The fourth-order valence-electron chi connectivity index (χ4n) is 2.73. The molecule has 7 nitrogen and oxygen atoms in total. The maximum absolute atomic E-state index is 12.2. The minimum absolute atomic E-state index is 0.207. The van der Waals surface area contributed by atoms with Crippen LogP contribution in [0.1, 0.15) is 22.8 Å². The van der Waals surface area contributed by atoms with Crippen molar-refractivity contribution in [1.29, 1.82) is 0 Å².